The molecule has 9 heteroatoms. The Balaban J connectivity index is 1.94. The van der Waals surface area contributed by atoms with Crippen LogP contribution in [0.4, 0.5) is 0 Å². The van der Waals surface area contributed by atoms with E-state index in [1.54, 1.807) is 36.3 Å². The van der Waals surface area contributed by atoms with Gasteiger partial charge in [0.2, 0.25) is 0 Å². The average Bonchev–Trinajstić information content (AvgIpc) is 3.29. The quantitative estimate of drug-likeness (QED) is 0.593. The monoisotopic (exact) mass is 443 g/mol. The number of carbonyl (C=O) groups excluding carboxylic acids is 2. The lowest BCUT2D eigenvalue weighted by atomic mass is 9.93. The standard InChI is InChI=1S/C23H29N3O6/c1-31-20-9-8-16(23(30)32-2)14-17(20)15-25(18-6-4-3-5-7-18)22(29)19-10-12-24-26(19)13-11-21(27)28/h8-10,12,14,18H,3-7,11,13,15H2,1-2H3,(H,27,28). The zero-order chi connectivity index (χ0) is 23.1. The van der Waals surface area contributed by atoms with Crippen molar-refractivity contribution in [3.05, 3.63) is 47.3 Å². The Bertz CT molecular complexity index is 964. The minimum absolute atomic E-state index is 0.0329. The fourth-order valence-electron chi connectivity index (χ4n) is 4.13. The van der Waals surface area contributed by atoms with Crippen LogP contribution >= 0.6 is 0 Å². The van der Waals surface area contributed by atoms with Crippen molar-refractivity contribution in [2.24, 2.45) is 0 Å². The van der Waals surface area contributed by atoms with Gasteiger partial charge < -0.3 is 19.5 Å². The Kier molecular flexibility index (Phi) is 7.86. The van der Waals surface area contributed by atoms with Crippen molar-refractivity contribution in [1.82, 2.24) is 14.7 Å². The summed E-state index contributed by atoms with van der Waals surface area (Å²) < 4.78 is 11.8. The molecular formula is C23H29N3O6. The predicted molar refractivity (Wildman–Crippen MR) is 116 cm³/mol. The van der Waals surface area contributed by atoms with Crippen LogP contribution in [0.15, 0.2) is 30.5 Å². The second-order valence-electron chi connectivity index (χ2n) is 7.83. The first-order valence-corrected chi connectivity index (χ1v) is 10.7. The minimum Gasteiger partial charge on any atom is -0.496 e. The fraction of sp³-hybridized carbons (Fsp3) is 0.478. The topological polar surface area (TPSA) is 111 Å². The number of hydrogen-bond acceptors (Lipinski definition) is 6. The van der Waals surface area contributed by atoms with Crippen LogP contribution < -0.4 is 4.74 Å². The van der Waals surface area contributed by atoms with Gasteiger partial charge in [0, 0.05) is 24.3 Å². The second-order valence-corrected chi connectivity index (χ2v) is 7.83. The third kappa shape index (κ3) is 5.46. The number of rotatable bonds is 9. The van der Waals surface area contributed by atoms with Crippen LogP contribution in [0.25, 0.3) is 0 Å². The Morgan fingerprint density at radius 1 is 1.16 bits per heavy atom. The summed E-state index contributed by atoms with van der Waals surface area (Å²) >= 11 is 0. The maximum absolute atomic E-state index is 13.6. The van der Waals surface area contributed by atoms with Gasteiger partial charge in [0.1, 0.15) is 11.4 Å². The van der Waals surface area contributed by atoms with Gasteiger partial charge in [0.05, 0.1) is 32.7 Å². The first-order valence-electron chi connectivity index (χ1n) is 10.7. The molecule has 1 aliphatic rings. The number of aliphatic carboxylic acids is 1. The summed E-state index contributed by atoms with van der Waals surface area (Å²) in [6.45, 7) is 0.366. The summed E-state index contributed by atoms with van der Waals surface area (Å²) in [5.41, 5.74) is 1.43. The van der Waals surface area contributed by atoms with Crippen molar-refractivity contribution >= 4 is 17.8 Å². The molecule has 0 atom stereocenters. The summed E-state index contributed by atoms with van der Waals surface area (Å²) in [7, 11) is 2.87. The number of carbonyl (C=O) groups is 3. The van der Waals surface area contributed by atoms with E-state index >= 15 is 0 Å². The van der Waals surface area contributed by atoms with Crippen LogP contribution in [0, 0.1) is 0 Å². The van der Waals surface area contributed by atoms with Crippen LogP contribution in [0.2, 0.25) is 0 Å². The SMILES string of the molecule is COC(=O)c1ccc(OC)c(CN(C(=O)c2ccnn2CCC(=O)O)C2CCCCC2)c1. The van der Waals surface area contributed by atoms with Gasteiger partial charge in [-0.15, -0.1) is 0 Å². The van der Waals surface area contributed by atoms with Gasteiger partial charge >= 0.3 is 11.9 Å². The highest BCUT2D eigenvalue weighted by atomic mass is 16.5. The molecule has 172 valence electrons. The highest BCUT2D eigenvalue weighted by molar-refractivity contribution is 5.93. The molecule has 1 amide bonds. The number of nitrogens with zero attached hydrogens (tertiary/aromatic N) is 3. The lowest BCUT2D eigenvalue weighted by Crippen LogP contribution is -2.42. The second kappa shape index (κ2) is 10.8. The number of benzene rings is 1. The molecule has 9 nitrogen and oxygen atoms in total. The van der Waals surface area contributed by atoms with Crippen molar-refractivity contribution in [3.8, 4) is 5.75 Å². The van der Waals surface area contributed by atoms with Gasteiger partial charge in [-0.1, -0.05) is 19.3 Å². The number of carboxylic acid groups (broad SMARTS) is 1. The largest absolute Gasteiger partial charge is 0.496 e. The number of carboxylic acids is 1. The molecule has 2 aromatic rings. The molecule has 1 aliphatic carbocycles. The van der Waals surface area contributed by atoms with Crippen molar-refractivity contribution in [1.29, 1.82) is 0 Å². The number of aromatic nitrogens is 2. The lowest BCUT2D eigenvalue weighted by molar-refractivity contribution is -0.137. The van der Waals surface area contributed by atoms with Gasteiger partial charge in [-0.2, -0.15) is 5.10 Å². The number of ether oxygens (including phenoxy) is 2. The summed E-state index contributed by atoms with van der Waals surface area (Å²) in [5.74, 6) is -1.06. The van der Waals surface area contributed by atoms with E-state index < -0.39 is 11.9 Å². The highest BCUT2D eigenvalue weighted by Crippen LogP contribution is 2.29. The molecular weight excluding hydrogens is 414 g/mol. The van der Waals surface area contributed by atoms with E-state index in [2.05, 4.69) is 5.10 Å². The van der Waals surface area contributed by atoms with Crippen molar-refractivity contribution in [2.45, 2.75) is 57.7 Å². The Morgan fingerprint density at radius 2 is 1.91 bits per heavy atom. The van der Waals surface area contributed by atoms with Gasteiger partial charge in [-0.05, 0) is 37.1 Å². The molecule has 0 unspecified atom stereocenters. The van der Waals surface area contributed by atoms with E-state index in [1.165, 1.54) is 18.0 Å². The number of aryl methyl sites for hydroxylation is 1. The average molecular weight is 444 g/mol. The van der Waals surface area contributed by atoms with Crippen molar-refractivity contribution in [3.63, 3.8) is 0 Å². The first kappa shape index (κ1) is 23.3. The molecule has 3 rings (SSSR count). The Labute approximate surface area is 186 Å². The van der Waals surface area contributed by atoms with E-state index in [1.807, 2.05) is 0 Å². The molecule has 0 radical (unpaired) electrons. The summed E-state index contributed by atoms with van der Waals surface area (Å²) in [6.07, 6.45) is 6.35. The highest BCUT2D eigenvalue weighted by Gasteiger charge is 2.29. The van der Waals surface area contributed by atoms with Crippen LogP contribution in [-0.2, 0) is 22.6 Å². The van der Waals surface area contributed by atoms with E-state index in [0.29, 0.717) is 22.6 Å². The number of hydrogen-bond donors (Lipinski definition) is 1. The molecule has 0 bridgehead atoms. The molecule has 1 fully saturated rings. The van der Waals surface area contributed by atoms with E-state index in [4.69, 9.17) is 14.6 Å². The summed E-state index contributed by atoms with van der Waals surface area (Å²) in [6, 6.07) is 6.66. The third-order valence-electron chi connectivity index (χ3n) is 5.79. The first-order chi connectivity index (χ1) is 15.4. The zero-order valence-electron chi connectivity index (χ0n) is 18.5. The van der Waals surface area contributed by atoms with Crippen molar-refractivity contribution < 1.29 is 29.0 Å². The smallest absolute Gasteiger partial charge is 0.337 e. The number of esters is 1. The number of methoxy groups -OCH3 is 2. The lowest BCUT2D eigenvalue weighted by Gasteiger charge is -2.35. The predicted octanol–water partition coefficient (Wildman–Crippen LogP) is 3.13. The van der Waals surface area contributed by atoms with Gasteiger partial charge in [-0.25, -0.2) is 4.79 Å². The van der Waals surface area contributed by atoms with E-state index in [0.717, 1.165) is 32.1 Å². The van der Waals surface area contributed by atoms with Gasteiger partial charge in [0.25, 0.3) is 5.91 Å². The minimum atomic E-state index is -0.951. The van der Waals surface area contributed by atoms with Crippen LogP contribution in [0.3, 0.4) is 0 Å². The molecule has 1 N–H and O–H groups in total. The Hall–Kier alpha value is -3.36. The maximum atomic E-state index is 13.6. The Morgan fingerprint density at radius 3 is 2.56 bits per heavy atom. The summed E-state index contributed by atoms with van der Waals surface area (Å²) in [4.78, 5) is 38.5. The van der Waals surface area contributed by atoms with Gasteiger partial charge in [0.15, 0.2) is 0 Å². The molecule has 0 aliphatic heterocycles. The van der Waals surface area contributed by atoms with E-state index in [-0.39, 0.29) is 31.5 Å². The van der Waals surface area contributed by atoms with Gasteiger partial charge in [-0.3, -0.25) is 14.3 Å². The fourth-order valence-corrected chi connectivity index (χ4v) is 4.13. The molecule has 0 saturated heterocycles. The zero-order valence-corrected chi connectivity index (χ0v) is 18.5. The molecule has 1 saturated carbocycles. The maximum Gasteiger partial charge on any atom is 0.337 e. The van der Waals surface area contributed by atoms with Crippen LogP contribution in [-0.4, -0.2) is 57.9 Å². The molecule has 32 heavy (non-hydrogen) atoms. The molecule has 0 spiro atoms. The van der Waals surface area contributed by atoms with Crippen LogP contribution in [0.5, 0.6) is 5.75 Å². The van der Waals surface area contributed by atoms with Crippen molar-refractivity contribution in [2.75, 3.05) is 14.2 Å². The normalized spacial score (nSPS) is 14.1. The van der Waals surface area contributed by atoms with Crippen LogP contribution in [0.1, 0.15) is 64.9 Å². The molecule has 1 aromatic heterocycles. The van der Waals surface area contributed by atoms with E-state index in [9.17, 15) is 14.4 Å². The third-order valence-corrected chi connectivity index (χ3v) is 5.79. The number of amides is 1. The molecule has 1 aromatic carbocycles. The summed E-state index contributed by atoms with van der Waals surface area (Å²) in [5, 5.41) is 13.2. The molecule has 1 heterocycles.